The van der Waals surface area contributed by atoms with Gasteiger partial charge < -0.3 is 14.6 Å². The summed E-state index contributed by atoms with van der Waals surface area (Å²) in [7, 11) is 0. The van der Waals surface area contributed by atoms with Crippen molar-refractivity contribution in [3.8, 4) is 5.75 Å². The largest absolute Gasteiger partial charge is 0.493 e. The molecule has 2 unspecified atom stereocenters. The van der Waals surface area contributed by atoms with Crippen molar-refractivity contribution in [2.24, 2.45) is 0 Å². The molecule has 19 heavy (non-hydrogen) atoms. The third-order valence-electron chi connectivity index (χ3n) is 3.90. The Bertz CT molecular complexity index is 455. The minimum Gasteiger partial charge on any atom is -0.493 e. The molecule has 0 radical (unpaired) electrons. The molecular formula is C15H19BrO3. The predicted octanol–water partition coefficient (Wildman–Crippen LogP) is 2.86. The van der Waals surface area contributed by atoms with Crippen molar-refractivity contribution >= 4 is 15.9 Å². The van der Waals surface area contributed by atoms with Crippen molar-refractivity contribution in [2.45, 2.75) is 44.3 Å². The quantitative estimate of drug-likeness (QED) is 0.928. The molecule has 1 fully saturated rings. The van der Waals surface area contributed by atoms with E-state index in [1.807, 2.05) is 0 Å². The zero-order chi connectivity index (χ0) is 13.2. The number of hydrogen-bond donors (Lipinski definition) is 1. The monoisotopic (exact) mass is 326 g/mol. The van der Waals surface area contributed by atoms with Crippen LogP contribution in [-0.2, 0) is 17.6 Å². The van der Waals surface area contributed by atoms with Crippen molar-refractivity contribution in [1.29, 1.82) is 0 Å². The van der Waals surface area contributed by atoms with E-state index in [4.69, 9.17) is 9.47 Å². The highest BCUT2D eigenvalue weighted by Gasteiger charge is 2.25. The molecular weight excluding hydrogens is 308 g/mol. The smallest absolute Gasteiger partial charge is 0.125 e. The molecule has 0 aromatic heterocycles. The third kappa shape index (κ3) is 2.96. The van der Waals surface area contributed by atoms with Crippen LogP contribution in [0.2, 0.25) is 0 Å². The van der Waals surface area contributed by atoms with Crippen LogP contribution in [0.3, 0.4) is 0 Å². The second-order valence-electron chi connectivity index (χ2n) is 5.33. The summed E-state index contributed by atoms with van der Waals surface area (Å²) >= 11 is 3.53. The van der Waals surface area contributed by atoms with Crippen molar-refractivity contribution in [1.82, 2.24) is 0 Å². The van der Waals surface area contributed by atoms with E-state index in [0.717, 1.165) is 54.7 Å². The van der Waals surface area contributed by atoms with Crippen LogP contribution in [0.5, 0.6) is 5.75 Å². The fourth-order valence-electron chi connectivity index (χ4n) is 2.92. The van der Waals surface area contributed by atoms with E-state index >= 15 is 0 Å². The molecule has 0 aliphatic carbocycles. The van der Waals surface area contributed by atoms with E-state index in [1.165, 1.54) is 5.56 Å². The molecule has 1 aromatic rings. The van der Waals surface area contributed by atoms with Crippen LogP contribution < -0.4 is 4.74 Å². The number of ether oxygens (including phenoxy) is 2. The van der Waals surface area contributed by atoms with Gasteiger partial charge in [0.2, 0.25) is 0 Å². The average molecular weight is 327 g/mol. The molecule has 0 amide bonds. The van der Waals surface area contributed by atoms with Crippen LogP contribution in [0.15, 0.2) is 16.6 Å². The zero-order valence-electron chi connectivity index (χ0n) is 10.9. The van der Waals surface area contributed by atoms with Gasteiger partial charge in [-0.1, -0.05) is 15.9 Å². The zero-order valence-corrected chi connectivity index (χ0v) is 12.5. The molecule has 3 rings (SSSR count). The fourth-order valence-corrected chi connectivity index (χ4v) is 3.48. The Labute approximate surface area is 122 Å². The number of benzene rings is 1. The maximum absolute atomic E-state index is 10.4. The standard InChI is InChI=1S/C15H19BrO3/c16-12-7-10-4-6-19-15(10)11(8-12)9-13(17)14-3-1-2-5-18-14/h7-8,13-14,17H,1-6,9H2. The maximum Gasteiger partial charge on any atom is 0.125 e. The van der Waals surface area contributed by atoms with Gasteiger partial charge in [-0.15, -0.1) is 0 Å². The molecule has 3 nitrogen and oxygen atoms in total. The van der Waals surface area contributed by atoms with E-state index in [2.05, 4.69) is 28.1 Å². The highest BCUT2D eigenvalue weighted by atomic mass is 79.9. The van der Waals surface area contributed by atoms with Gasteiger partial charge in [0.25, 0.3) is 0 Å². The van der Waals surface area contributed by atoms with Gasteiger partial charge in [-0.3, -0.25) is 0 Å². The second kappa shape index (κ2) is 5.81. The lowest BCUT2D eigenvalue weighted by atomic mass is 9.96. The minimum absolute atomic E-state index is 0.0233. The Morgan fingerprint density at radius 3 is 3.00 bits per heavy atom. The third-order valence-corrected chi connectivity index (χ3v) is 4.36. The minimum atomic E-state index is -0.442. The molecule has 2 aliphatic heterocycles. The Hall–Kier alpha value is -0.580. The molecule has 1 N–H and O–H groups in total. The van der Waals surface area contributed by atoms with E-state index in [1.54, 1.807) is 0 Å². The van der Waals surface area contributed by atoms with Gasteiger partial charge in [0, 0.05) is 23.9 Å². The Morgan fingerprint density at radius 1 is 1.32 bits per heavy atom. The van der Waals surface area contributed by atoms with E-state index in [-0.39, 0.29) is 6.10 Å². The van der Waals surface area contributed by atoms with Crippen molar-refractivity contribution in [3.63, 3.8) is 0 Å². The molecule has 0 saturated carbocycles. The molecule has 2 atom stereocenters. The van der Waals surface area contributed by atoms with Crippen LogP contribution in [0, 0.1) is 0 Å². The number of fused-ring (bicyclic) bond motifs is 1. The first-order valence-electron chi connectivity index (χ1n) is 6.98. The summed E-state index contributed by atoms with van der Waals surface area (Å²) in [5.74, 6) is 0.970. The SMILES string of the molecule is OC(Cc1cc(Br)cc2c1OCC2)C1CCCCO1. The molecule has 2 aliphatic rings. The van der Waals surface area contributed by atoms with Gasteiger partial charge in [-0.2, -0.15) is 0 Å². The highest BCUT2D eigenvalue weighted by Crippen LogP contribution is 2.34. The van der Waals surface area contributed by atoms with Crippen LogP contribution in [0.25, 0.3) is 0 Å². The van der Waals surface area contributed by atoms with Gasteiger partial charge in [-0.05, 0) is 42.5 Å². The number of aliphatic hydroxyl groups is 1. The summed E-state index contributed by atoms with van der Waals surface area (Å²) in [4.78, 5) is 0. The average Bonchev–Trinajstić information content (AvgIpc) is 2.88. The van der Waals surface area contributed by atoms with Crippen LogP contribution in [0.4, 0.5) is 0 Å². The number of aliphatic hydroxyl groups excluding tert-OH is 1. The van der Waals surface area contributed by atoms with Crippen LogP contribution >= 0.6 is 15.9 Å². The maximum atomic E-state index is 10.4. The molecule has 104 valence electrons. The molecule has 0 spiro atoms. The van der Waals surface area contributed by atoms with Crippen molar-refractivity contribution in [3.05, 3.63) is 27.7 Å². The molecule has 1 saturated heterocycles. The van der Waals surface area contributed by atoms with Gasteiger partial charge in [-0.25, -0.2) is 0 Å². The predicted molar refractivity (Wildman–Crippen MR) is 76.6 cm³/mol. The lowest BCUT2D eigenvalue weighted by molar-refractivity contribution is -0.0612. The summed E-state index contributed by atoms with van der Waals surface area (Å²) in [5, 5.41) is 10.4. The first-order valence-corrected chi connectivity index (χ1v) is 7.77. The normalized spacial score (nSPS) is 23.8. The van der Waals surface area contributed by atoms with E-state index in [0.29, 0.717) is 6.42 Å². The Balaban J connectivity index is 1.75. The van der Waals surface area contributed by atoms with E-state index in [9.17, 15) is 5.11 Å². The van der Waals surface area contributed by atoms with Gasteiger partial charge >= 0.3 is 0 Å². The van der Waals surface area contributed by atoms with Gasteiger partial charge in [0.1, 0.15) is 5.75 Å². The topological polar surface area (TPSA) is 38.7 Å². The highest BCUT2D eigenvalue weighted by molar-refractivity contribution is 9.10. The van der Waals surface area contributed by atoms with Crippen LogP contribution in [0.1, 0.15) is 30.4 Å². The summed E-state index contributed by atoms with van der Waals surface area (Å²) in [6, 6.07) is 4.16. The first kappa shape index (κ1) is 13.4. The van der Waals surface area contributed by atoms with Gasteiger partial charge in [0.05, 0.1) is 18.8 Å². The summed E-state index contributed by atoms with van der Waals surface area (Å²) < 4.78 is 12.4. The molecule has 0 bridgehead atoms. The second-order valence-corrected chi connectivity index (χ2v) is 6.24. The Morgan fingerprint density at radius 2 is 2.21 bits per heavy atom. The summed E-state index contributed by atoms with van der Waals surface area (Å²) in [5.41, 5.74) is 2.32. The number of rotatable bonds is 3. The number of halogens is 1. The fraction of sp³-hybridized carbons (Fsp3) is 0.600. The molecule has 1 aromatic carbocycles. The number of hydrogen-bond acceptors (Lipinski definition) is 3. The summed E-state index contributed by atoms with van der Waals surface area (Å²) in [6.07, 6.45) is 4.31. The first-order chi connectivity index (χ1) is 9.24. The lowest BCUT2D eigenvalue weighted by Crippen LogP contribution is -2.33. The van der Waals surface area contributed by atoms with Gasteiger partial charge in [0.15, 0.2) is 0 Å². The molecule has 4 heteroatoms. The van der Waals surface area contributed by atoms with E-state index < -0.39 is 6.10 Å². The summed E-state index contributed by atoms with van der Waals surface area (Å²) in [6.45, 7) is 1.52. The van der Waals surface area contributed by atoms with Crippen molar-refractivity contribution < 1.29 is 14.6 Å². The van der Waals surface area contributed by atoms with Crippen molar-refractivity contribution in [2.75, 3.05) is 13.2 Å². The Kier molecular flexibility index (Phi) is 4.10. The lowest BCUT2D eigenvalue weighted by Gasteiger charge is -2.27. The van der Waals surface area contributed by atoms with Crippen LogP contribution in [-0.4, -0.2) is 30.5 Å². The molecule has 2 heterocycles.